The van der Waals surface area contributed by atoms with Gasteiger partial charge in [0.25, 0.3) is 5.56 Å². The van der Waals surface area contributed by atoms with E-state index in [4.69, 9.17) is 4.74 Å². The van der Waals surface area contributed by atoms with Crippen molar-refractivity contribution < 1.29 is 9.66 Å². The van der Waals surface area contributed by atoms with Crippen molar-refractivity contribution in [2.75, 3.05) is 0 Å². The number of hydrogen-bond donors (Lipinski definition) is 0. The molecule has 0 radical (unpaired) electrons. The molecule has 10 heteroatoms. The number of hydrogen-bond acceptors (Lipinski definition) is 7. The van der Waals surface area contributed by atoms with Crippen molar-refractivity contribution in [3.8, 4) is 23.2 Å². The highest BCUT2D eigenvalue weighted by atomic mass is 79.9. The molecule has 0 bridgehead atoms. The van der Waals surface area contributed by atoms with Gasteiger partial charge in [0.15, 0.2) is 5.82 Å². The number of halogens is 1. The number of fused-ring (bicyclic) bond motifs is 1. The Bertz CT molecular complexity index is 1850. The molecule has 0 fully saturated rings. The summed E-state index contributed by atoms with van der Waals surface area (Å²) in [5, 5.41) is 26.0. The van der Waals surface area contributed by atoms with Gasteiger partial charge in [0.1, 0.15) is 6.61 Å². The van der Waals surface area contributed by atoms with Crippen molar-refractivity contribution in [1.29, 1.82) is 5.26 Å². The fourth-order valence-corrected chi connectivity index (χ4v) is 4.57. The van der Waals surface area contributed by atoms with Gasteiger partial charge in [-0.25, -0.2) is 4.98 Å². The van der Waals surface area contributed by atoms with Crippen LogP contribution in [0.3, 0.4) is 0 Å². The van der Waals surface area contributed by atoms with Gasteiger partial charge in [-0.15, -0.1) is 0 Å². The van der Waals surface area contributed by atoms with E-state index in [-0.39, 0.29) is 23.6 Å². The molecule has 1 aromatic heterocycles. The number of nitro benzene ring substituents is 1. The molecule has 0 unspecified atom stereocenters. The minimum atomic E-state index is -0.563. The highest BCUT2D eigenvalue weighted by Gasteiger charge is 2.21. The Morgan fingerprint density at radius 3 is 2.54 bits per heavy atom. The molecular weight excluding hydrogens is 562 g/mol. The zero-order valence-electron chi connectivity index (χ0n) is 20.2. The van der Waals surface area contributed by atoms with Gasteiger partial charge >= 0.3 is 5.69 Å². The van der Waals surface area contributed by atoms with Crippen LogP contribution in [0.4, 0.5) is 5.69 Å². The van der Waals surface area contributed by atoms with Crippen LogP contribution in [-0.4, -0.2) is 20.8 Å². The highest BCUT2D eigenvalue weighted by Crippen LogP contribution is 2.37. The lowest BCUT2D eigenvalue weighted by Gasteiger charge is -2.11. The number of aromatic nitrogens is 2. The molecule has 0 saturated heterocycles. The van der Waals surface area contributed by atoms with Crippen LogP contribution >= 0.6 is 15.9 Å². The molecule has 5 aromatic rings. The first kappa shape index (κ1) is 25.5. The monoisotopic (exact) mass is 579 g/mol. The molecule has 0 spiro atoms. The summed E-state index contributed by atoms with van der Waals surface area (Å²) in [6.07, 6.45) is 1.36. The average molecular weight is 580 g/mol. The molecule has 0 aliphatic heterocycles. The fraction of sp³-hybridized carbons (Fsp3) is 0.0345. The minimum absolute atomic E-state index is 0.0133. The first-order valence-electron chi connectivity index (χ1n) is 11.7. The first-order valence-corrected chi connectivity index (χ1v) is 12.5. The predicted molar refractivity (Wildman–Crippen MR) is 151 cm³/mol. The summed E-state index contributed by atoms with van der Waals surface area (Å²) in [6, 6.07) is 28.0. The number of benzene rings is 4. The lowest BCUT2D eigenvalue weighted by molar-refractivity contribution is -0.386. The van der Waals surface area contributed by atoms with Gasteiger partial charge in [0.05, 0.1) is 38.1 Å². The van der Waals surface area contributed by atoms with Crippen molar-refractivity contribution in [2.24, 2.45) is 5.10 Å². The Balaban J connectivity index is 1.55. The number of nitriles is 1. The van der Waals surface area contributed by atoms with E-state index in [9.17, 15) is 20.2 Å². The lowest BCUT2D eigenvalue weighted by Crippen LogP contribution is -2.20. The topological polar surface area (TPSA) is 123 Å². The van der Waals surface area contributed by atoms with E-state index in [0.717, 1.165) is 0 Å². The summed E-state index contributed by atoms with van der Waals surface area (Å²) >= 11 is 3.36. The van der Waals surface area contributed by atoms with Crippen molar-refractivity contribution in [2.45, 2.75) is 6.61 Å². The van der Waals surface area contributed by atoms with E-state index in [1.54, 1.807) is 54.6 Å². The third-order valence-electron chi connectivity index (χ3n) is 5.86. The van der Waals surface area contributed by atoms with E-state index in [2.05, 4.69) is 32.1 Å². The third-order valence-corrected chi connectivity index (χ3v) is 6.45. The molecule has 0 saturated carbocycles. The zero-order valence-corrected chi connectivity index (χ0v) is 21.8. The quantitative estimate of drug-likeness (QED) is 0.131. The maximum Gasteiger partial charge on any atom is 0.312 e. The summed E-state index contributed by atoms with van der Waals surface area (Å²) in [6.45, 7) is -0.0325. The van der Waals surface area contributed by atoms with Crippen molar-refractivity contribution in [3.63, 3.8) is 0 Å². The van der Waals surface area contributed by atoms with Gasteiger partial charge in [-0.3, -0.25) is 14.9 Å². The molecule has 190 valence electrons. The number of nitrogens with zero attached hydrogens (tertiary/aromatic N) is 5. The van der Waals surface area contributed by atoms with Gasteiger partial charge in [-0.2, -0.15) is 15.0 Å². The Morgan fingerprint density at radius 2 is 1.77 bits per heavy atom. The van der Waals surface area contributed by atoms with Crippen LogP contribution in [0, 0.1) is 21.4 Å². The van der Waals surface area contributed by atoms with E-state index < -0.39 is 4.92 Å². The largest absolute Gasteiger partial charge is 0.481 e. The van der Waals surface area contributed by atoms with Crippen LogP contribution < -0.4 is 10.3 Å². The summed E-state index contributed by atoms with van der Waals surface area (Å²) in [5.41, 5.74) is 1.93. The summed E-state index contributed by atoms with van der Waals surface area (Å²) in [4.78, 5) is 29.4. The van der Waals surface area contributed by atoms with Crippen LogP contribution in [0.15, 0.2) is 105 Å². The Labute approximate surface area is 230 Å². The molecule has 0 aliphatic rings. The molecular formula is C29H18BrN5O4. The average Bonchev–Trinajstić information content (AvgIpc) is 2.96. The van der Waals surface area contributed by atoms with Crippen LogP contribution in [0.5, 0.6) is 5.75 Å². The molecule has 0 N–H and O–H groups in total. The number of nitro groups is 1. The Hall–Kier alpha value is -5.14. The minimum Gasteiger partial charge on any atom is -0.481 e. The second-order valence-corrected chi connectivity index (χ2v) is 9.20. The molecule has 0 aliphatic carbocycles. The molecule has 0 amide bonds. The summed E-state index contributed by atoms with van der Waals surface area (Å²) in [5.74, 6) is 0.347. The van der Waals surface area contributed by atoms with Gasteiger partial charge in [0, 0.05) is 22.8 Å². The van der Waals surface area contributed by atoms with Gasteiger partial charge < -0.3 is 4.74 Å². The third kappa shape index (κ3) is 5.30. The van der Waals surface area contributed by atoms with Gasteiger partial charge in [-0.1, -0.05) is 60.7 Å². The number of rotatable bonds is 7. The lowest BCUT2D eigenvalue weighted by atomic mass is 10.1. The van der Waals surface area contributed by atoms with Gasteiger partial charge in [-0.05, 0) is 40.2 Å². The Morgan fingerprint density at radius 1 is 1.05 bits per heavy atom. The van der Waals surface area contributed by atoms with Crippen LogP contribution in [0.1, 0.15) is 16.7 Å². The predicted octanol–water partition coefficient (Wildman–Crippen LogP) is 6.07. The second kappa shape index (κ2) is 11.1. The molecule has 39 heavy (non-hydrogen) atoms. The summed E-state index contributed by atoms with van der Waals surface area (Å²) in [7, 11) is 0. The molecule has 5 rings (SSSR count). The second-order valence-electron chi connectivity index (χ2n) is 8.35. The highest BCUT2D eigenvalue weighted by molar-refractivity contribution is 9.10. The maximum atomic E-state index is 13.4. The van der Waals surface area contributed by atoms with Crippen molar-refractivity contribution in [3.05, 3.63) is 133 Å². The van der Waals surface area contributed by atoms with Crippen LogP contribution in [-0.2, 0) is 6.61 Å². The fourth-order valence-electron chi connectivity index (χ4n) is 3.99. The van der Waals surface area contributed by atoms with Crippen LogP contribution in [0.25, 0.3) is 22.3 Å². The molecule has 1 heterocycles. The first-order chi connectivity index (χ1) is 19.0. The number of ether oxygens (including phenoxy) is 1. The Kier molecular flexibility index (Phi) is 7.25. The maximum absolute atomic E-state index is 13.4. The van der Waals surface area contributed by atoms with Crippen LogP contribution in [0.2, 0.25) is 0 Å². The van der Waals surface area contributed by atoms with E-state index in [0.29, 0.717) is 43.5 Å². The summed E-state index contributed by atoms with van der Waals surface area (Å²) < 4.78 is 7.27. The van der Waals surface area contributed by atoms with E-state index in [1.807, 2.05) is 30.3 Å². The van der Waals surface area contributed by atoms with E-state index in [1.165, 1.54) is 17.0 Å². The normalized spacial score (nSPS) is 11.0. The molecule has 0 atom stereocenters. The SMILES string of the molecule is N#Cc1ccccc1COc1c(Br)cc(C=Nn2c(-c3ccccc3)nc3ccccc3c2=O)cc1[N+](=O)[O-]. The molecule has 9 nitrogen and oxygen atoms in total. The molecule has 4 aromatic carbocycles. The van der Waals surface area contributed by atoms with Crippen molar-refractivity contribution >= 4 is 38.7 Å². The van der Waals surface area contributed by atoms with Gasteiger partial charge in [0.2, 0.25) is 5.75 Å². The standard InChI is InChI=1S/C29H18BrN5O4/c30-24-14-19(15-26(35(37)38)27(24)39-18-22-11-5-4-10-21(22)16-31)17-32-34-28(20-8-2-1-3-9-20)33-25-13-7-6-12-23(25)29(34)36/h1-15,17H,18H2. The smallest absolute Gasteiger partial charge is 0.312 e. The van der Waals surface area contributed by atoms with E-state index >= 15 is 0 Å². The zero-order chi connectivity index (χ0) is 27.4. The number of para-hydroxylation sites is 1. The van der Waals surface area contributed by atoms with Crippen molar-refractivity contribution in [1.82, 2.24) is 9.66 Å².